The van der Waals surface area contributed by atoms with Crippen LogP contribution in [0.15, 0.2) is 48.5 Å². The van der Waals surface area contributed by atoms with E-state index in [1.54, 1.807) is 17.0 Å². The Labute approximate surface area is 164 Å². The van der Waals surface area contributed by atoms with Gasteiger partial charge in [0.05, 0.1) is 0 Å². The second-order valence-corrected chi connectivity index (χ2v) is 6.89. The van der Waals surface area contributed by atoms with Crippen LogP contribution in [0.3, 0.4) is 0 Å². The standard InChI is InChI=1S/C21H25N3O4/c1-15-2-4-16(5-3-15)14-28-21(27)24-11-10-22-18(13-24)12-23-20(26)17-6-8-19(25)9-7-17/h2-9,18,22,25H,10-14H2,1H3,(H,23,26). The lowest BCUT2D eigenvalue weighted by molar-refractivity contribution is 0.0834. The van der Waals surface area contributed by atoms with Crippen molar-refractivity contribution < 1.29 is 19.4 Å². The van der Waals surface area contributed by atoms with Gasteiger partial charge < -0.3 is 25.4 Å². The van der Waals surface area contributed by atoms with E-state index in [0.717, 1.165) is 11.1 Å². The van der Waals surface area contributed by atoms with Crippen LogP contribution in [0.5, 0.6) is 5.75 Å². The average molecular weight is 383 g/mol. The van der Waals surface area contributed by atoms with Gasteiger partial charge in [-0.15, -0.1) is 0 Å². The van der Waals surface area contributed by atoms with Crippen LogP contribution in [0, 0.1) is 6.92 Å². The number of nitrogens with one attached hydrogen (secondary N) is 2. The van der Waals surface area contributed by atoms with E-state index in [0.29, 0.717) is 31.7 Å². The lowest BCUT2D eigenvalue weighted by Crippen LogP contribution is -2.56. The highest BCUT2D eigenvalue weighted by Crippen LogP contribution is 2.10. The second kappa shape index (κ2) is 9.23. The average Bonchev–Trinajstić information content (AvgIpc) is 2.72. The van der Waals surface area contributed by atoms with Gasteiger partial charge in [0.25, 0.3) is 5.91 Å². The first kappa shape index (κ1) is 19.7. The number of aryl methyl sites for hydroxylation is 1. The molecule has 3 N–H and O–H groups in total. The van der Waals surface area contributed by atoms with Gasteiger partial charge in [-0.1, -0.05) is 29.8 Å². The third-order valence-electron chi connectivity index (χ3n) is 4.64. The van der Waals surface area contributed by atoms with Crippen molar-refractivity contribution in [3.05, 3.63) is 65.2 Å². The molecule has 0 spiro atoms. The molecule has 0 aromatic heterocycles. The largest absolute Gasteiger partial charge is 0.508 e. The minimum atomic E-state index is -0.350. The molecule has 1 aliphatic heterocycles. The van der Waals surface area contributed by atoms with Crippen LogP contribution < -0.4 is 10.6 Å². The smallest absolute Gasteiger partial charge is 0.410 e. The number of phenolic OH excluding ortho intramolecular Hbond substituents is 1. The molecule has 1 atom stereocenters. The van der Waals surface area contributed by atoms with Gasteiger partial charge in [0.1, 0.15) is 12.4 Å². The summed E-state index contributed by atoms with van der Waals surface area (Å²) in [5.41, 5.74) is 2.59. The van der Waals surface area contributed by atoms with Crippen LogP contribution >= 0.6 is 0 Å². The SMILES string of the molecule is Cc1ccc(COC(=O)N2CCNC(CNC(=O)c3ccc(O)cc3)C2)cc1. The summed E-state index contributed by atoms with van der Waals surface area (Å²) < 4.78 is 5.41. The lowest BCUT2D eigenvalue weighted by atomic mass is 10.2. The molecular weight excluding hydrogens is 358 g/mol. The lowest BCUT2D eigenvalue weighted by Gasteiger charge is -2.33. The zero-order valence-electron chi connectivity index (χ0n) is 15.9. The van der Waals surface area contributed by atoms with Crippen LogP contribution in [-0.4, -0.2) is 54.2 Å². The second-order valence-electron chi connectivity index (χ2n) is 6.89. The molecule has 0 saturated carbocycles. The zero-order chi connectivity index (χ0) is 19.9. The molecule has 1 saturated heterocycles. The van der Waals surface area contributed by atoms with Gasteiger partial charge in [-0.3, -0.25) is 4.79 Å². The van der Waals surface area contributed by atoms with Crippen molar-refractivity contribution in [1.82, 2.24) is 15.5 Å². The van der Waals surface area contributed by atoms with Crippen LogP contribution in [0.4, 0.5) is 4.79 Å². The van der Waals surface area contributed by atoms with Gasteiger partial charge in [-0.2, -0.15) is 0 Å². The summed E-state index contributed by atoms with van der Waals surface area (Å²) in [6, 6.07) is 13.9. The summed E-state index contributed by atoms with van der Waals surface area (Å²) in [5.74, 6) is -0.105. The molecular formula is C21H25N3O4. The third-order valence-corrected chi connectivity index (χ3v) is 4.64. The number of rotatable bonds is 5. The molecule has 1 heterocycles. The molecule has 1 fully saturated rings. The fourth-order valence-electron chi connectivity index (χ4n) is 2.98. The Kier molecular flexibility index (Phi) is 6.49. The quantitative estimate of drug-likeness (QED) is 0.735. The van der Waals surface area contributed by atoms with E-state index >= 15 is 0 Å². The number of amides is 2. The zero-order valence-corrected chi connectivity index (χ0v) is 15.9. The Hall–Kier alpha value is -3.06. The molecule has 1 aliphatic rings. The van der Waals surface area contributed by atoms with Gasteiger partial charge in [0, 0.05) is 37.8 Å². The van der Waals surface area contributed by atoms with Gasteiger partial charge in [0.2, 0.25) is 0 Å². The maximum atomic E-state index is 12.3. The Morgan fingerprint density at radius 3 is 2.61 bits per heavy atom. The predicted molar refractivity (Wildman–Crippen MR) is 105 cm³/mol. The van der Waals surface area contributed by atoms with Crippen molar-refractivity contribution in [2.45, 2.75) is 19.6 Å². The highest BCUT2D eigenvalue weighted by Gasteiger charge is 2.24. The van der Waals surface area contributed by atoms with Gasteiger partial charge in [-0.25, -0.2) is 4.79 Å². The minimum Gasteiger partial charge on any atom is -0.508 e. The molecule has 2 aromatic rings. The number of piperazine rings is 1. The molecule has 3 rings (SSSR count). The first-order valence-corrected chi connectivity index (χ1v) is 9.29. The Balaban J connectivity index is 1.45. The summed E-state index contributed by atoms with van der Waals surface area (Å²) in [5, 5.41) is 15.4. The number of nitrogens with zero attached hydrogens (tertiary/aromatic N) is 1. The van der Waals surface area contributed by atoms with Crippen LogP contribution in [-0.2, 0) is 11.3 Å². The fourth-order valence-corrected chi connectivity index (χ4v) is 2.98. The van der Waals surface area contributed by atoms with Crippen molar-refractivity contribution in [3.63, 3.8) is 0 Å². The Bertz CT molecular complexity index is 805. The molecule has 148 valence electrons. The molecule has 1 unspecified atom stereocenters. The molecule has 0 bridgehead atoms. The molecule has 7 nitrogen and oxygen atoms in total. The van der Waals surface area contributed by atoms with E-state index in [1.165, 1.54) is 12.1 Å². The topological polar surface area (TPSA) is 90.9 Å². The maximum absolute atomic E-state index is 12.3. The molecule has 2 amide bonds. The first-order chi connectivity index (χ1) is 13.5. The van der Waals surface area contributed by atoms with E-state index in [2.05, 4.69) is 10.6 Å². The van der Waals surface area contributed by atoms with Gasteiger partial charge in [-0.05, 0) is 36.8 Å². The van der Waals surface area contributed by atoms with Crippen molar-refractivity contribution in [3.8, 4) is 5.75 Å². The van der Waals surface area contributed by atoms with Crippen molar-refractivity contribution >= 4 is 12.0 Å². The Morgan fingerprint density at radius 1 is 1.18 bits per heavy atom. The Morgan fingerprint density at radius 2 is 1.89 bits per heavy atom. The van der Waals surface area contributed by atoms with Crippen molar-refractivity contribution in [1.29, 1.82) is 0 Å². The highest BCUT2D eigenvalue weighted by molar-refractivity contribution is 5.94. The molecule has 0 radical (unpaired) electrons. The molecule has 7 heteroatoms. The predicted octanol–water partition coefficient (Wildman–Crippen LogP) is 2.04. The summed E-state index contributed by atoms with van der Waals surface area (Å²) >= 11 is 0. The number of ether oxygens (including phenoxy) is 1. The number of carbonyl (C=O) groups is 2. The molecule has 2 aromatic carbocycles. The summed E-state index contributed by atoms with van der Waals surface area (Å²) in [4.78, 5) is 26.2. The minimum absolute atomic E-state index is 0.0539. The number of hydrogen-bond acceptors (Lipinski definition) is 5. The number of hydrogen-bond donors (Lipinski definition) is 3. The summed E-state index contributed by atoms with van der Waals surface area (Å²) in [7, 11) is 0. The number of aromatic hydroxyl groups is 1. The monoisotopic (exact) mass is 383 g/mol. The van der Waals surface area contributed by atoms with Gasteiger partial charge in [0.15, 0.2) is 0 Å². The normalized spacial score (nSPS) is 16.5. The van der Waals surface area contributed by atoms with Crippen LogP contribution in [0.25, 0.3) is 0 Å². The highest BCUT2D eigenvalue weighted by atomic mass is 16.6. The summed E-state index contributed by atoms with van der Waals surface area (Å²) in [6.45, 7) is 4.31. The first-order valence-electron chi connectivity index (χ1n) is 9.29. The molecule has 28 heavy (non-hydrogen) atoms. The summed E-state index contributed by atoms with van der Waals surface area (Å²) in [6.07, 6.45) is -0.350. The van der Waals surface area contributed by atoms with Crippen molar-refractivity contribution in [2.75, 3.05) is 26.2 Å². The van der Waals surface area contributed by atoms with Crippen molar-refractivity contribution in [2.24, 2.45) is 0 Å². The number of carbonyl (C=O) groups excluding carboxylic acids is 2. The van der Waals surface area contributed by atoms with Crippen LogP contribution in [0.2, 0.25) is 0 Å². The van der Waals surface area contributed by atoms with E-state index in [-0.39, 0.29) is 30.4 Å². The van der Waals surface area contributed by atoms with Crippen LogP contribution in [0.1, 0.15) is 21.5 Å². The third kappa shape index (κ3) is 5.47. The maximum Gasteiger partial charge on any atom is 0.410 e. The van der Waals surface area contributed by atoms with E-state index < -0.39 is 0 Å². The fraction of sp³-hybridized carbons (Fsp3) is 0.333. The van der Waals surface area contributed by atoms with E-state index in [1.807, 2.05) is 31.2 Å². The van der Waals surface area contributed by atoms with Gasteiger partial charge >= 0.3 is 6.09 Å². The molecule has 0 aliphatic carbocycles. The van der Waals surface area contributed by atoms with E-state index in [4.69, 9.17) is 4.74 Å². The number of benzene rings is 2. The van der Waals surface area contributed by atoms with E-state index in [9.17, 15) is 14.7 Å². The number of phenols is 1.